The fourth-order valence-corrected chi connectivity index (χ4v) is 4.10. The van der Waals surface area contributed by atoms with Crippen LogP contribution in [-0.4, -0.2) is 40.0 Å². The lowest BCUT2D eigenvalue weighted by atomic mass is 9.96. The molecular weight excluding hydrogens is 392 g/mol. The summed E-state index contributed by atoms with van der Waals surface area (Å²) in [7, 11) is 4.77. The number of carbonyl (C=O) groups excluding carboxylic acids is 1. The molecule has 2 aliphatic rings. The minimum absolute atomic E-state index is 0.0182. The van der Waals surface area contributed by atoms with E-state index in [2.05, 4.69) is 30.1 Å². The number of esters is 1. The summed E-state index contributed by atoms with van der Waals surface area (Å²) in [6.07, 6.45) is 8.62. The summed E-state index contributed by atoms with van der Waals surface area (Å²) >= 11 is 0. The molecule has 0 aromatic heterocycles. The monoisotopic (exact) mass is 422 g/mol. The summed E-state index contributed by atoms with van der Waals surface area (Å²) in [6.45, 7) is 2.28. The van der Waals surface area contributed by atoms with Gasteiger partial charge < -0.3 is 18.9 Å². The minimum Gasteiger partial charge on any atom is -0.497 e. The molecule has 0 aliphatic heterocycles. The topological polar surface area (TPSA) is 54.0 Å². The lowest BCUT2D eigenvalue weighted by molar-refractivity contribution is -0.140. The molecule has 0 saturated heterocycles. The third-order valence-corrected chi connectivity index (χ3v) is 5.68. The number of ether oxygens (including phenoxy) is 4. The lowest BCUT2D eigenvalue weighted by Crippen LogP contribution is -2.15. The van der Waals surface area contributed by atoms with Crippen molar-refractivity contribution in [3.8, 4) is 17.6 Å². The van der Waals surface area contributed by atoms with Crippen molar-refractivity contribution in [1.82, 2.24) is 0 Å². The predicted octanol–water partition coefficient (Wildman–Crippen LogP) is 4.56. The summed E-state index contributed by atoms with van der Waals surface area (Å²) in [4.78, 5) is 11.7. The van der Waals surface area contributed by atoms with Crippen LogP contribution in [0, 0.1) is 17.8 Å². The van der Waals surface area contributed by atoms with Gasteiger partial charge in [0.05, 0.1) is 33.2 Å². The third kappa shape index (κ3) is 5.59. The van der Waals surface area contributed by atoms with Gasteiger partial charge in [-0.05, 0) is 49.1 Å². The zero-order valence-corrected chi connectivity index (χ0v) is 18.6. The molecule has 1 saturated carbocycles. The minimum atomic E-state index is -0.269. The molecule has 0 spiro atoms. The normalized spacial score (nSPS) is 20.7. The van der Waals surface area contributed by atoms with Crippen LogP contribution in [0.4, 0.5) is 0 Å². The van der Waals surface area contributed by atoms with Crippen LogP contribution in [0.15, 0.2) is 59.4 Å². The van der Waals surface area contributed by atoms with E-state index in [1.165, 1.54) is 12.7 Å². The summed E-state index contributed by atoms with van der Waals surface area (Å²) in [5.74, 6) is 7.51. The van der Waals surface area contributed by atoms with Crippen molar-refractivity contribution < 1.29 is 23.7 Å². The van der Waals surface area contributed by atoms with Crippen molar-refractivity contribution in [2.24, 2.45) is 5.92 Å². The fourth-order valence-electron chi connectivity index (χ4n) is 4.10. The van der Waals surface area contributed by atoms with E-state index in [0.29, 0.717) is 12.5 Å². The summed E-state index contributed by atoms with van der Waals surface area (Å²) in [5, 5.41) is 0. The van der Waals surface area contributed by atoms with Crippen molar-refractivity contribution in [3.63, 3.8) is 0 Å². The second-order valence-electron chi connectivity index (χ2n) is 7.61. The first-order valence-corrected chi connectivity index (χ1v) is 10.5. The van der Waals surface area contributed by atoms with Gasteiger partial charge in [0.1, 0.15) is 17.6 Å². The number of benzene rings is 1. The van der Waals surface area contributed by atoms with E-state index in [1.54, 1.807) is 21.1 Å². The number of fused-ring (bicyclic) bond motifs is 1. The smallest absolute Gasteiger partial charge is 0.307 e. The molecule has 0 N–H and O–H groups in total. The van der Waals surface area contributed by atoms with E-state index >= 15 is 0 Å². The van der Waals surface area contributed by atoms with Gasteiger partial charge in [-0.1, -0.05) is 30.2 Å². The zero-order valence-electron chi connectivity index (χ0n) is 18.6. The molecule has 3 unspecified atom stereocenters. The molecule has 31 heavy (non-hydrogen) atoms. The summed E-state index contributed by atoms with van der Waals surface area (Å²) in [6, 6.07) is 7.84. The Kier molecular flexibility index (Phi) is 7.97. The molecule has 2 aliphatic carbocycles. The molecule has 0 heterocycles. The van der Waals surface area contributed by atoms with Crippen LogP contribution in [0.25, 0.3) is 0 Å². The number of rotatable bonds is 8. The van der Waals surface area contributed by atoms with Crippen molar-refractivity contribution in [2.75, 3.05) is 27.9 Å². The first-order valence-electron chi connectivity index (χ1n) is 10.5. The average Bonchev–Trinajstić information content (AvgIpc) is 3.06. The molecule has 3 rings (SSSR count). The number of hydrogen-bond donors (Lipinski definition) is 0. The SMILES string of the molecule is CC#CC(CC(=O)OC)c1ccc(OC2CCC3C=C(OC)C(COC)=CC=C32)cc1. The van der Waals surface area contributed by atoms with Gasteiger partial charge in [-0.15, -0.1) is 5.92 Å². The van der Waals surface area contributed by atoms with Gasteiger partial charge in [-0.2, -0.15) is 0 Å². The number of hydrogen-bond acceptors (Lipinski definition) is 5. The Morgan fingerprint density at radius 2 is 1.90 bits per heavy atom. The Bertz CT molecular complexity index is 927. The highest BCUT2D eigenvalue weighted by Gasteiger charge is 2.32. The highest BCUT2D eigenvalue weighted by atomic mass is 16.5. The van der Waals surface area contributed by atoms with E-state index < -0.39 is 0 Å². The standard InChI is InChI=1S/C26H30O5/c1-5-6-19(16-26(27)30-4)18-7-11-22(12-8-18)31-24-14-10-20-15-25(29-3)21(17-28-2)9-13-23(20)24/h7-9,11-13,15,19-20,24H,10,14,16-17H2,1-4H3. The van der Waals surface area contributed by atoms with Gasteiger partial charge in [-0.25, -0.2) is 0 Å². The Balaban J connectivity index is 1.74. The van der Waals surface area contributed by atoms with E-state index in [9.17, 15) is 4.79 Å². The Morgan fingerprint density at radius 3 is 2.55 bits per heavy atom. The fraction of sp³-hybridized carbons (Fsp3) is 0.423. The maximum Gasteiger partial charge on any atom is 0.307 e. The van der Waals surface area contributed by atoms with E-state index in [1.807, 2.05) is 24.3 Å². The van der Waals surface area contributed by atoms with Gasteiger partial charge in [0.25, 0.3) is 0 Å². The molecule has 1 aromatic carbocycles. The van der Waals surface area contributed by atoms with Crippen molar-refractivity contribution in [1.29, 1.82) is 0 Å². The predicted molar refractivity (Wildman–Crippen MR) is 120 cm³/mol. The van der Waals surface area contributed by atoms with Gasteiger partial charge in [-0.3, -0.25) is 4.79 Å². The molecule has 3 atom stereocenters. The molecule has 164 valence electrons. The summed E-state index contributed by atoms with van der Waals surface area (Å²) in [5.41, 5.74) is 3.26. The van der Waals surface area contributed by atoms with Crippen LogP contribution >= 0.6 is 0 Å². The van der Waals surface area contributed by atoms with Crippen LogP contribution in [0.2, 0.25) is 0 Å². The Hall–Kier alpha value is -2.97. The molecule has 0 radical (unpaired) electrons. The van der Waals surface area contributed by atoms with E-state index in [0.717, 1.165) is 35.5 Å². The molecule has 1 aromatic rings. The van der Waals surface area contributed by atoms with E-state index in [4.69, 9.17) is 18.9 Å². The highest BCUT2D eigenvalue weighted by molar-refractivity contribution is 5.71. The van der Waals surface area contributed by atoms with Gasteiger partial charge >= 0.3 is 5.97 Å². The quantitative estimate of drug-likeness (QED) is 0.454. The average molecular weight is 423 g/mol. The second-order valence-corrected chi connectivity index (χ2v) is 7.61. The third-order valence-electron chi connectivity index (χ3n) is 5.68. The highest BCUT2D eigenvalue weighted by Crippen LogP contribution is 2.38. The number of allylic oxidation sites excluding steroid dienone is 3. The molecule has 1 fully saturated rings. The zero-order chi connectivity index (χ0) is 22.2. The second kappa shape index (κ2) is 10.9. The summed E-state index contributed by atoms with van der Waals surface area (Å²) < 4.78 is 22.0. The first-order chi connectivity index (χ1) is 15.1. The maximum atomic E-state index is 11.7. The number of methoxy groups -OCH3 is 3. The van der Waals surface area contributed by atoms with Crippen LogP contribution in [0.3, 0.4) is 0 Å². The lowest BCUT2D eigenvalue weighted by Gasteiger charge is -2.18. The van der Waals surface area contributed by atoms with Crippen molar-refractivity contribution >= 4 is 5.97 Å². The van der Waals surface area contributed by atoms with Crippen molar-refractivity contribution in [2.45, 2.75) is 38.2 Å². The molecule has 5 heteroatoms. The first kappa shape index (κ1) is 22.7. The molecule has 5 nitrogen and oxygen atoms in total. The molecular formula is C26H30O5. The molecule has 0 amide bonds. The van der Waals surface area contributed by atoms with Crippen LogP contribution in [0.1, 0.15) is 37.7 Å². The largest absolute Gasteiger partial charge is 0.497 e. The van der Waals surface area contributed by atoms with Gasteiger partial charge in [0, 0.05) is 18.6 Å². The van der Waals surface area contributed by atoms with Crippen molar-refractivity contribution in [3.05, 3.63) is 65.0 Å². The van der Waals surface area contributed by atoms with E-state index in [-0.39, 0.29) is 24.4 Å². The van der Waals surface area contributed by atoms with Crippen LogP contribution in [0.5, 0.6) is 5.75 Å². The van der Waals surface area contributed by atoms with Gasteiger partial charge in [0.15, 0.2) is 0 Å². The number of carbonyl (C=O) groups is 1. The van der Waals surface area contributed by atoms with Crippen LogP contribution in [-0.2, 0) is 19.0 Å². The Morgan fingerprint density at radius 1 is 1.13 bits per heavy atom. The van der Waals surface area contributed by atoms with Crippen LogP contribution < -0.4 is 4.74 Å². The molecule has 0 bridgehead atoms. The Labute approximate surface area is 184 Å². The van der Waals surface area contributed by atoms with Gasteiger partial charge in [0.2, 0.25) is 0 Å². The maximum absolute atomic E-state index is 11.7.